The molecule has 2 saturated heterocycles. The molecular weight excluding hydrogens is 725 g/mol. The highest BCUT2D eigenvalue weighted by Gasteiger charge is 2.48. The molecule has 0 amide bonds. The lowest BCUT2D eigenvalue weighted by Gasteiger charge is -2.48. The van der Waals surface area contributed by atoms with Gasteiger partial charge >= 0.3 is 5.97 Å². The monoisotopic (exact) mass is 797 g/mol. The lowest BCUT2D eigenvalue weighted by molar-refractivity contribution is -0.337. The van der Waals surface area contributed by atoms with Gasteiger partial charge in [0.05, 0.1) is 38.4 Å². The molecule has 1 spiro atoms. The van der Waals surface area contributed by atoms with Crippen LogP contribution in [0.3, 0.4) is 0 Å². The van der Waals surface area contributed by atoms with E-state index in [4.69, 9.17) is 28.4 Å². The Morgan fingerprint density at radius 1 is 0.632 bits per heavy atom. The molecule has 0 unspecified atom stereocenters. The summed E-state index contributed by atoms with van der Waals surface area (Å²) in [6.45, 7) is 30.4. The van der Waals surface area contributed by atoms with Gasteiger partial charge in [-0.05, 0) is 69.4 Å². The largest absolute Gasteiger partial charge is 0.507 e. The molecular formula is C47H72O10. The average Bonchev–Trinajstić information content (AvgIpc) is 3.09. The van der Waals surface area contributed by atoms with Crippen molar-refractivity contribution in [2.45, 2.75) is 151 Å². The number of ether oxygens (including phenoxy) is 6. The number of rotatable bonds is 14. The molecule has 0 saturated carbocycles. The van der Waals surface area contributed by atoms with Crippen molar-refractivity contribution in [1.29, 1.82) is 0 Å². The van der Waals surface area contributed by atoms with E-state index in [1.807, 2.05) is 58.9 Å². The minimum absolute atomic E-state index is 0.00639. The molecule has 2 aromatic rings. The summed E-state index contributed by atoms with van der Waals surface area (Å²) in [5.74, 6) is 0.359. The molecule has 2 aliphatic heterocycles. The van der Waals surface area contributed by atoms with Crippen LogP contribution in [0.25, 0.3) is 0 Å². The van der Waals surface area contributed by atoms with E-state index in [0.29, 0.717) is 57.2 Å². The number of Topliss-reactive ketones (excluding diaryl/α,β-unsaturated/α-hetero) is 1. The van der Waals surface area contributed by atoms with E-state index in [1.54, 1.807) is 0 Å². The van der Waals surface area contributed by atoms with Crippen molar-refractivity contribution in [2.75, 3.05) is 46.2 Å². The van der Waals surface area contributed by atoms with Crippen LogP contribution in [0.15, 0.2) is 24.3 Å². The summed E-state index contributed by atoms with van der Waals surface area (Å²) in [6, 6.07) is 7.95. The number of benzene rings is 2. The summed E-state index contributed by atoms with van der Waals surface area (Å²) in [5, 5.41) is 21.6. The summed E-state index contributed by atoms with van der Waals surface area (Å²) in [7, 11) is 0. The SMILES string of the molecule is Cc1cc(CCC(=O)COCC(C)(C)C2OCC3(CO2)COC(C(C)(C)COC(=O)CCc2cc(C(C)(C)C)c(O)c(C(C)(C)C)c2)OC3)cc(C(C)(C)C)c1O. The van der Waals surface area contributed by atoms with Gasteiger partial charge in [-0.2, -0.15) is 0 Å². The number of aryl methyl sites for hydroxylation is 3. The first-order valence-corrected chi connectivity index (χ1v) is 20.5. The topological polar surface area (TPSA) is 130 Å². The van der Waals surface area contributed by atoms with Crippen LogP contribution in [0.4, 0.5) is 0 Å². The third-order valence-corrected chi connectivity index (χ3v) is 11.0. The zero-order valence-electron chi connectivity index (χ0n) is 37.4. The zero-order chi connectivity index (χ0) is 42.8. The van der Waals surface area contributed by atoms with Crippen LogP contribution in [0.5, 0.6) is 11.5 Å². The Morgan fingerprint density at radius 2 is 1.04 bits per heavy atom. The van der Waals surface area contributed by atoms with Crippen LogP contribution >= 0.6 is 0 Å². The number of carbonyl (C=O) groups excluding carboxylic acids is 2. The Hall–Kier alpha value is -3.02. The van der Waals surface area contributed by atoms with Crippen molar-refractivity contribution < 1.29 is 48.2 Å². The quantitative estimate of drug-likeness (QED) is 0.179. The van der Waals surface area contributed by atoms with Crippen LogP contribution in [0, 0.1) is 23.2 Å². The van der Waals surface area contributed by atoms with E-state index in [0.717, 1.165) is 33.4 Å². The van der Waals surface area contributed by atoms with Crippen molar-refractivity contribution >= 4 is 11.8 Å². The van der Waals surface area contributed by atoms with Crippen LogP contribution < -0.4 is 0 Å². The standard InChI is InChI=1S/C47H72O10/c1-30-19-31(20-34(38(30)50)42(2,3)4)15-17-33(48)23-52-24-45(11,12)40-54-26-47(27-55-40)28-56-41(57-29-47)46(13,14)25-53-37(49)18-16-32-21-35(43(5,6)7)39(51)36(22-32)44(8,9)10/h19-22,40-41,50-51H,15-18,23-29H2,1-14H3. The number of phenols is 2. The van der Waals surface area contributed by atoms with E-state index in [9.17, 15) is 19.8 Å². The maximum atomic E-state index is 13.0. The van der Waals surface area contributed by atoms with Gasteiger partial charge in [0.1, 0.15) is 24.7 Å². The van der Waals surface area contributed by atoms with Crippen LogP contribution in [-0.2, 0) is 67.1 Å². The minimum atomic E-state index is -0.595. The van der Waals surface area contributed by atoms with Gasteiger partial charge < -0.3 is 38.6 Å². The van der Waals surface area contributed by atoms with Gasteiger partial charge in [-0.3, -0.25) is 9.59 Å². The molecule has 320 valence electrons. The lowest BCUT2D eigenvalue weighted by Crippen LogP contribution is -2.57. The van der Waals surface area contributed by atoms with Gasteiger partial charge in [-0.25, -0.2) is 0 Å². The highest BCUT2D eigenvalue weighted by atomic mass is 16.7. The molecule has 10 heteroatoms. The molecule has 0 aromatic heterocycles. The summed E-state index contributed by atoms with van der Waals surface area (Å²) >= 11 is 0. The molecule has 10 nitrogen and oxygen atoms in total. The number of phenolic OH excluding ortho intramolecular Hbond substituents is 2. The molecule has 2 heterocycles. The Balaban J connectivity index is 1.19. The van der Waals surface area contributed by atoms with Gasteiger partial charge in [0.25, 0.3) is 0 Å². The average molecular weight is 797 g/mol. The van der Waals surface area contributed by atoms with E-state index < -0.39 is 28.8 Å². The van der Waals surface area contributed by atoms with Gasteiger partial charge in [-0.15, -0.1) is 0 Å². The molecule has 0 radical (unpaired) electrons. The molecule has 0 atom stereocenters. The summed E-state index contributed by atoms with van der Waals surface area (Å²) in [6.07, 6.45) is 0.564. The second-order valence-corrected chi connectivity index (χ2v) is 21.2. The van der Waals surface area contributed by atoms with Crippen molar-refractivity contribution in [2.24, 2.45) is 16.2 Å². The van der Waals surface area contributed by atoms with Crippen molar-refractivity contribution in [3.8, 4) is 11.5 Å². The summed E-state index contributed by atoms with van der Waals surface area (Å²) in [4.78, 5) is 25.7. The first-order chi connectivity index (χ1) is 26.1. The molecule has 4 rings (SSSR count). The van der Waals surface area contributed by atoms with E-state index >= 15 is 0 Å². The first kappa shape index (κ1) is 46.7. The molecule has 2 aliphatic rings. The fourth-order valence-electron chi connectivity index (χ4n) is 7.32. The highest BCUT2D eigenvalue weighted by Crippen LogP contribution is 2.41. The van der Waals surface area contributed by atoms with E-state index in [1.165, 1.54) is 0 Å². The minimum Gasteiger partial charge on any atom is -0.507 e. The summed E-state index contributed by atoms with van der Waals surface area (Å²) < 4.78 is 36.6. The smallest absolute Gasteiger partial charge is 0.306 e. The Labute approximate surface area is 342 Å². The first-order valence-electron chi connectivity index (χ1n) is 20.5. The number of carbonyl (C=O) groups is 2. The Morgan fingerprint density at radius 3 is 1.49 bits per heavy atom. The number of aromatic hydroxyl groups is 2. The number of esters is 1. The second-order valence-electron chi connectivity index (χ2n) is 21.2. The van der Waals surface area contributed by atoms with Crippen LogP contribution in [0.1, 0.15) is 136 Å². The fraction of sp³-hybridized carbons (Fsp3) is 0.702. The third-order valence-electron chi connectivity index (χ3n) is 11.0. The van der Waals surface area contributed by atoms with Gasteiger partial charge in [0, 0.05) is 23.7 Å². The van der Waals surface area contributed by atoms with E-state index in [2.05, 4.69) is 62.3 Å². The zero-order valence-corrected chi connectivity index (χ0v) is 37.4. The Kier molecular flexibility index (Phi) is 14.5. The molecule has 57 heavy (non-hydrogen) atoms. The molecule has 2 N–H and O–H groups in total. The predicted octanol–water partition coefficient (Wildman–Crippen LogP) is 8.78. The van der Waals surface area contributed by atoms with Crippen molar-refractivity contribution in [1.82, 2.24) is 0 Å². The van der Waals surface area contributed by atoms with E-state index in [-0.39, 0.29) is 54.2 Å². The highest BCUT2D eigenvalue weighted by molar-refractivity contribution is 5.79. The van der Waals surface area contributed by atoms with Gasteiger partial charge in [0.2, 0.25) is 0 Å². The Bertz CT molecular complexity index is 1670. The normalized spacial score (nSPS) is 21.2. The number of hydrogen-bond acceptors (Lipinski definition) is 10. The van der Waals surface area contributed by atoms with Crippen molar-refractivity contribution in [3.63, 3.8) is 0 Å². The maximum Gasteiger partial charge on any atom is 0.306 e. The van der Waals surface area contributed by atoms with Gasteiger partial charge in [-0.1, -0.05) is 114 Å². The molecule has 0 bridgehead atoms. The third kappa shape index (κ3) is 12.3. The predicted molar refractivity (Wildman–Crippen MR) is 222 cm³/mol. The molecule has 0 aliphatic carbocycles. The molecule has 2 aromatic carbocycles. The van der Waals surface area contributed by atoms with Crippen molar-refractivity contribution in [3.05, 3.63) is 57.6 Å². The maximum absolute atomic E-state index is 13.0. The fourth-order valence-corrected chi connectivity index (χ4v) is 7.32. The molecule has 2 fully saturated rings. The van der Waals surface area contributed by atoms with Crippen LogP contribution in [0.2, 0.25) is 0 Å². The van der Waals surface area contributed by atoms with Crippen LogP contribution in [-0.4, -0.2) is 80.8 Å². The number of hydrogen-bond donors (Lipinski definition) is 2. The van der Waals surface area contributed by atoms with Gasteiger partial charge in [0.15, 0.2) is 18.4 Å². The summed E-state index contributed by atoms with van der Waals surface area (Å²) in [5.41, 5.74) is 3.21. The lowest BCUT2D eigenvalue weighted by atomic mass is 9.78. The second kappa shape index (κ2) is 17.7. The number of ketones is 1.